The summed E-state index contributed by atoms with van der Waals surface area (Å²) in [6, 6.07) is 9.87. The van der Waals surface area contributed by atoms with Crippen molar-refractivity contribution in [2.75, 3.05) is 5.75 Å². The second kappa shape index (κ2) is 6.02. The van der Waals surface area contributed by atoms with Crippen molar-refractivity contribution in [1.82, 2.24) is 0 Å². The van der Waals surface area contributed by atoms with Gasteiger partial charge < -0.3 is 9.52 Å². The Morgan fingerprint density at radius 1 is 1.21 bits per heavy atom. The van der Waals surface area contributed by atoms with Crippen LogP contribution in [0.15, 0.2) is 34.7 Å². The largest absolute Gasteiger partial charge is 0.458 e. The number of aliphatic hydroxyl groups excluding tert-OH is 1. The second-order valence-corrected chi connectivity index (χ2v) is 6.63. The van der Waals surface area contributed by atoms with Crippen LogP contribution in [0.1, 0.15) is 44.0 Å². The van der Waals surface area contributed by atoms with Crippen LogP contribution in [0, 0.1) is 0 Å². The van der Waals surface area contributed by atoms with E-state index in [0.717, 1.165) is 22.0 Å². The molecule has 1 aliphatic carbocycles. The number of thioether (sulfide) groups is 1. The van der Waals surface area contributed by atoms with Crippen molar-refractivity contribution in [3.63, 3.8) is 0 Å². The van der Waals surface area contributed by atoms with Gasteiger partial charge in [-0.3, -0.25) is 0 Å². The average molecular weight is 276 g/mol. The molecule has 0 bridgehead atoms. The van der Waals surface area contributed by atoms with Gasteiger partial charge >= 0.3 is 0 Å². The maximum absolute atomic E-state index is 10.2. The van der Waals surface area contributed by atoms with Crippen LogP contribution in [0.25, 0.3) is 11.0 Å². The molecule has 19 heavy (non-hydrogen) atoms. The van der Waals surface area contributed by atoms with Gasteiger partial charge in [0.2, 0.25) is 0 Å². The van der Waals surface area contributed by atoms with Gasteiger partial charge in [-0.15, -0.1) is 0 Å². The van der Waals surface area contributed by atoms with Crippen LogP contribution in [0.4, 0.5) is 0 Å². The number of benzene rings is 1. The summed E-state index contributed by atoms with van der Waals surface area (Å²) in [6.07, 6.45) is 6.19. The van der Waals surface area contributed by atoms with Gasteiger partial charge in [0, 0.05) is 16.4 Å². The van der Waals surface area contributed by atoms with Crippen molar-refractivity contribution in [2.45, 2.75) is 43.5 Å². The summed E-state index contributed by atoms with van der Waals surface area (Å²) in [6.45, 7) is 0. The number of rotatable bonds is 4. The fraction of sp³-hybridized carbons (Fsp3) is 0.500. The third-order valence-electron chi connectivity index (χ3n) is 3.82. The number of fused-ring (bicyclic) bond motifs is 1. The third kappa shape index (κ3) is 3.15. The van der Waals surface area contributed by atoms with E-state index < -0.39 is 6.10 Å². The van der Waals surface area contributed by atoms with E-state index in [1.165, 1.54) is 32.1 Å². The number of hydrogen-bond acceptors (Lipinski definition) is 3. The summed E-state index contributed by atoms with van der Waals surface area (Å²) < 4.78 is 5.71. The first kappa shape index (κ1) is 13.1. The quantitative estimate of drug-likeness (QED) is 0.890. The number of hydrogen-bond donors (Lipinski definition) is 1. The number of para-hydroxylation sites is 1. The molecule has 1 aliphatic rings. The topological polar surface area (TPSA) is 33.4 Å². The molecule has 1 aromatic heterocycles. The molecule has 102 valence electrons. The van der Waals surface area contributed by atoms with Gasteiger partial charge in [-0.25, -0.2) is 0 Å². The van der Waals surface area contributed by atoms with E-state index in [-0.39, 0.29) is 0 Å². The van der Waals surface area contributed by atoms with Crippen LogP contribution in [0.3, 0.4) is 0 Å². The minimum absolute atomic E-state index is 0.487. The minimum atomic E-state index is -0.487. The van der Waals surface area contributed by atoms with E-state index >= 15 is 0 Å². The first-order chi connectivity index (χ1) is 9.33. The monoisotopic (exact) mass is 276 g/mol. The van der Waals surface area contributed by atoms with Gasteiger partial charge in [-0.05, 0) is 25.0 Å². The van der Waals surface area contributed by atoms with Crippen LogP contribution in [-0.4, -0.2) is 16.1 Å². The first-order valence-corrected chi connectivity index (χ1v) is 8.16. The molecule has 0 spiro atoms. The van der Waals surface area contributed by atoms with E-state index in [0.29, 0.717) is 5.76 Å². The molecule has 0 aliphatic heterocycles. The molecule has 1 unspecified atom stereocenters. The Morgan fingerprint density at radius 3 is 2.79 bits per heavy atom. The molecule has 0 amide bonds. The number of aliphatic hydroxyl groups is 1. The molecule has 3 rings (SSSR count). The van der Waals surface area contributed by atoms with Crippen molar-refractivity contribution < 1.29 is 9.52 Å². The SMILES string of the molecule is OC(CSC1CCCCC1)c1cc2ccccc2o1. The molecule has 1 fully saturated rings. The van der Waals surface area contributed by atoms with Gasteiger partial charge in [-0.2, -0.15) is 11.8 Å². The summed E-state index contributed by atoms with van der Waals surface area (Å²) in [7, 11) is 0. The van der Waals surface area contributed by atoms with Crippen LogP contribution in [-0.2, 0) is 0 Å². The smallest absolute Gasteiger partial charge is 0.134 e. The average Bonchev–Trinajstić information content (AvgIpc) is 2.90. The maximum atomic E-state index is 10.2. The Hall–Kier alpha value is -0.930. The van der Waals surface area contributed by atoms with Gasteiger partial charge in [0.05, 0.1) is 0 Å². The Kier molecular flexibility index (Phi) is 4.14. The standard InChI is InChI=1S/C16H20O2S/c17-14(11-19-13-7-2-1-3-8-13)16-10-12-6-4-5-9-15(12)18-16/h4-6,9-10,13-14,17H,1-3,7-8,11H2. The van der Waals surface area contributed by atoms with Crippen molar-refractivity contribution >= 4 is 22.7 Å². The van der Waals surface area contributed by atoms with Gasteiger partial charge in [0.25, 0.3) is 0 Å². The summed E-state index contributed by atoms with van der Waals surface area (Å²) in [4.78, 5) is 0. The van der Waals surface area contributed by atoms with Crippen molar-refractivity contribution in [3.05, 3.63) is 36.1 Å². The molecule has 3 heteroatoms. The summed E-state index contributed by atoms with van der Waals surface area (Å²) in [5, 5.41) is 12.0. The van der Waals surface area contributed by atoms with Crippen LogP contribution in [0.5, 0.6) is 0 Å². The lowest BCUT2D eigenvalue weighted by Gasteiger charge is -2.21. The van der Waals surface area contributed by atoms with Crippen LogP contribution < -0.4 is 0 Å². The molecule has 1 atom stereocenters. The maximum Gasteiger partial charge on any atom is 0.134 e. The molecule has 1 aromatic carbocycles. The highest BCUT2D eigenvalue weighted by Crippen LogP contribution is 2.32. The zero-order chi connectivity index (χ0) is 13.1. The van der Waals surface area contributed by atoms with Crippen molar-refractivity contribution in [2.24, 2.45) is 0 Å². The molecule has 2 aromatic rings. The zero-order valence-electron chi connectivity index (χ0n) is 11.0. The van der Waals surface area contributed by atoms with E-state index in [1.807, 2.05) is 42.1 Å². The molecule has 1 heterocycles. The predicted molar refractivity (Wildman–Crippen MR) is 80.5 cm³/mol. The zero-order valence-corrected chi connectivity index (χ0v) is 11.9. The Morgan fingerprint density at radius 2 is 2.00 bits per heavy atom. The molecule has 0 radical (unpaired) electrons. The molecule has 0 saturated heterocycles. The lowest BCUT2D eigenvalue weighted by Crippen LogP contribution is -2.11. The predicted octanol–water partition coefficient (Wildman–Crippen LogP) is 4.53. The van der Waals surface area contributed by atoms with Crippen molar-refractivity contribution in [1.29, 1.82) is 0 Å². The van der Waals surface area contributed by atoms with Gasteiger partial charge in [-0.1, -0.05) is 37.5 Å². The molecule has 1 saturated carbocycles. The van der Waals surface area contributed by atoms with E-state index in [4.69, 9.17) is 4.42 Å². The second-order valence-electron chi connectivity index (χ2n) is 5.30. The minimum Gasteiger partial charge on any atom is -0.458 e. The lowest BCUT2D eigenvalue weighted by molar-refractivity contribution is 0.176. The lowest BCUT2D eigenvalue weighted by atomic mass is 10.0. The highest BCUT2D eigenvalue weighted by Gasteiger charge is 2.18. The molecular formula is C16H20O2S. The summed E-state index contributed by atoms with van der Waals surface area (Å²) in [5.74, 6) is 1.44. The fourth-order valence-corrected chi connectivity index (χ4v) is 3.99. The Bertz CT molecular complexity index is 495. The fourth-order valence-electron chi connectivity index (χ4n) is 2.71. The Labute approximate surface area is 118 Å². The van der Waals surface area contributed by atoms with Crippen LogP contribution >= 0.6 is 11.8 Å². The van der Waals surface area contributed by atoms with E-state index in [9.17, 15) is 5.11 Å². The highest BCUT2D eigenvalue weighted by atomic mass is 32.2. The molecule has 2 nitrogen and oxygen atoms in total. The molecular weight excluding hydrogens is 256 g/mol. The van der Waals surface area contributed by atoms with E-state index in [1.54, 1.807) is 0 Å². The van der Waals surface area contributed by atoms with Gasteiger partial charge in [0.15, 0.2) is 0 Å². The summed E-state index contributed by atoms with van der Waals surface area (Å²) in [5.41, 5.74) is 0.860. The van der Waals surface area contributed by atoms with Crippen molar-refractivity contribution in [3.8, 4) is 0 Å². The van der Waals surface area contributed by atoms with Gasteiger partial charge in [0.1, 0.15) is 17.4 Å². The molecule has 1 N–H and O–H groups in total. The highest BCUT2D eigenvalue weighted by molar-refractivity contribution is 7.99. The summed E-state index contributed by atoms with van der Waals surface area (Å²) >= 11 is 1.90. The first-order valence-electron chi connectivity index (χ1n) is 7.11. The third-order valence-corrected chi connectivity index (χ3v) is 5.27. The van der Waals surface area contributed by atoms with Crippen LogP contribution in [0.2, 0.25) is 0 Å². The normalized spacial score (nSPS) is 18.8. The Balaban J connectivity index is 1.61. The number of furan rings is 1. The van der Waals surface area contributed by atoms with E-state index in [2.05, 4.69) is 0 Å².